The van der Waals surface area contributed by atoms with Crippen LogP contribution in [0.5, 0.6) is 0 Å². The number of alkyl halides is 1. The highest BCUT2D eigenvalue weighted by molar-refractivity contribution is 7.77. The molecule has 0 aromatic heterocycles. The Labute approximate surface area is 184 Å². The fourth-order valence-electron chi connectivity index (χ4n) is 4.13. The predicted molar refractivity (Wildman–Crippen MR) is 108 cm³/mol. The lowest BCUT2D eigenvalue weighted by molar-refractivity contribution is -0.157. The lowest BCUT2D eigenvalue weighted by Crippen LogP contribution is -2.52. The summed E-state index contributed by atoms with van der Waals surface area (Å²) in [6.07, 6.45) is -2.16. The molecule has 0 spiro atoms. The summed E-state index contributed by atoms with van der Waals surface area (Å²) >= 11 is -2.57. The highest BCUT2D eigenvalue weighted by Gasteiger charge is 2.47. The average Bonchev–Trinajstić information content (AvgIpc) is 3.00. The Bertz CT molecular complexity index is 1050. The molecule has 0 aliphatic carbocycles. The Hall–Kier alpha value is -2.34. The van der Waals surface area contributed by atoms with Crippen molar-refractivity contribution in [2.45, 2.75) is 37.2 Å². The van der Waals surface area contributed by atoms with Crippen LogP contribution in [-0.2, 0) is 27.2 Å². The van der Waals surface area contributed by atoms with Crippen molar-refractivity contribution in [1.82, 2.24) is 9.62 Å². The fraction of sp³-hybridized carbons (Fsp3) is 0.381. The molecule has 2 aliphatic heterocycles. The molecule has 4 rings (SSSR count). The van der Waals surface area contributed by atoms with Crippen molar-refractivity contribution >= 4 is 17.2 Å². The number of halogens is 4. The van der Waals surface area contributed by atoms with Crippen molar-refractivity contribution in [3.63, 3.8) is 0 Å². The second-order valence-electron chi connectivity index (χ2n) is 7.70. The lowest BCUT2D eigenvalue weighted by Gasteiger charge is -2.34. The summed E-state index contributed by atoms with van der Waals surface area (Å²) < 4.78 is 85.8. The summed E-state index contributed by atoms with van der Waals surface area (Å²) in [7, 11) is 0. The van der Waals surface area contributed by atoms with Crippen LogP contribution in [0.4, 0.5) is 17.6 Å². The highest BCUT2D eigenvalue weighted by atomic mass is 32.2. The topological polar surface area (TPSA) is 78.9 Å². The van der Waals surface area contributed by atoms with Crippen molar-refractivity contribution in [3.8, 4) is 11.1 Å². The first-order chi connectivity index (χ1) is 15.3. The number of ether oxygens (including phenoxy) is 1. The van der Waals surface area contributed by atoms with Gasteiger partial charge in [-0.3, -0.25) is 9.35 Å². The van der Waals surface area contributed by atoms with Crippen LogP contribution in [0.25, 0.3) is 11.1 Å². The molecule has 2 aromatic carbocycles. The number of nitrogens with one attached hydrogen (secondary N) is 1. The van der Waals surface area contributed by atoms with E-state index in [1.54, 1.807) is 0 Å². The Kier molecular flexibility index (Phi) is 6.61. The van der Waals surface area contributed by atoms with Gasteiger partial charge in [-0.15, -0.1) is 0 Å². The van der Waals surface area contributed by atoms with Gasteiger partial charge in [-0.25, -0.2) is 26.5 Å². The molecule has 2 aromatic rings. The van der Waals surface area contributed by atoms with Gasteiger partial charge in [0, 0.05) is 17.5 Å². The fourth-order valence-corrected chi connectivity index (χ4v) is 4.67. The van der Waals surface area contributed by atoms with E-state index in [2.05, 4.69) is 4.72 Å². The maximum Gasteiger partial charge on any atom is 0.252 e. The second kappa shape index (κ2) is 9.26. The smallest absolute Gasteiger partial charge is 0.252 e. The monoisotopic (exact) mass is 472 g/mol. The largest absolute Gasteiger partial charge is 0.368 e. The van der Waals surface area contributed by atoms with Crippen LogP contribution in [-0.4, -0.2) is 57.1 Å². The Balaban J connectivity index is 1.68. The zero-order chi connectivity index (χ0) is 23.0. The van der Waals surface area contributed by atoms with Gasteiger partial charge in [0.05, 0.1) is 25.2 Å². The zero-order valence-corrected chi connectivity index (χ0v) is 17.5. The molecule has 2 fully saturated rings. The minimum absolute atomic E-state index is 0.0214. The standard InChI is InChI=1S/C21H20F4N2O4S/c22-14-6-2-5-13(19(14)25)12-4-1-3-11(18(12)24)9-16-20(26-32(29)30)15(23)10-27(16)21(28)17-7-8-31-17/h1-6,15-17,20,26H,7-10H2,(H,29,30)/t15-,16-,17?,20-/m0/s1. The molecule has 0 saturated carbocycles. The maximum atomic E-state index is 15.3. The maximum absolute atomic E-state index is 15.3. The summed E-state index contributed by atoms with van der Waals surface area (Å²) in [5.74, 6) is -3.67. The van der Waals surface area contributed by atoms with E-state index in [-0.39, 0.29) is 29.7 Å². The first-order valence-electron chi connectivity index (χ1n) is 9.93. The van der Waals surface area contributed by atoms with E-state index >= 15 is 4.39 Å². The molecule has 5 atom stereocenters. The number of benzene rings is 2. The van der Waals surface area contributed by atoms with Crippen LogP contribution < -0.4 is 4.72 Å². The molecule has 2 saturated heterocycles. The number of carbonyl (C=O) groups is 1. The normalized spacial score (nSPS) is 26.1. The van der Waals surface area contributed by atoms with Crippen LogP contribution in [0, 0.1) is 17.5 Å². The number of hydrogen-bond acceptors (Lipinski definition) is 3. The van der Waals surface area contributed by atoms with Gasteiger partial charge in [-0.05, 0) is 18.1 Å². The first kappa shape index (κ1) is 22.8. The summed E-state index contributed by atoms with van der Waals surface area (Å²) in [5, 5.41) is 0. The average molecular weight is 472 g/mol. The van der Waals surface area contributed by atoms with Gasteiger partial charge in [0.1, 0.15) is 18.1 Å². The molecule has 0 bridgehead atoms. The Morgan fingerprint density at radius 2 is 1.81 bits per heavy atom. The van der Waals surface area contributed by atoms with Crippen molar-refractivity contribution in [2.75, 3.05) is 13.2 Å². The van der Waals surface area contributed by atoms with Crippen molar-refractivity contribution in [3.05, 3.63) is 59.4 Å². The van der Waals surface area contributed by atoms with Crippen LogP contribution in [0.3, 0.4) is 0 Å². The molecule has 2 N–H and O–H groups in total. The SMILES string of the molecule is O=C(C1CCO1)N1C[C@H](F)[C@H](NS(=O)O)[C@@H]1Cc1cccc(-c2cccc(F)c2F)c1F. The van der Waals surface area contributed by atoms with Gasteiger partial charge in [-0.2, -0.15) is 0 Å². The van der Waals surface area contributed by atoms with Gasteiger partial charge in [0.15, 0.2) is 11.6 Å². The van der Waals surface area contributed by atoms with E-state index in [9.17, 15) is 26.7 Å². The summed E-state index contributed by atoms with van der Waals surface area (Å²) in [4.78, 5) is 13.9. The molecule has 1 amide bonds. The molecule has 6 nitrogen and oxygen atoms in total. The second-order valence-corrected chi connectivity index (χ2v) is 8.43. The van der Waals surface area contributed by atoms with E-state index in [4.69, 9.17) is 4.74 Å². The molecule has 11 heteroatoms. The summed E-state index contributed by atoms with van der Waals surface area (Å²) in [6.45, 7) is 0.0459. The van der Waals surface area contributed by atoms with Crippen LogP contribution in [0.2, 0.25) is 0 Å². The quantitative estimate of drug-likeness (QED) is 0.501. The van der Waals surface area contributed by atoms with Gasteiger partial charge < -0.3 is 9.64 Å². The van der Waals surface area contributed by atoms with E-state index in [0.29, 0.717) is 13.0 Å². The first-order valence-corrected chi connectivity index (χ1v) is 11.0. The lowest BCUT2D eigenvalue weighted by atomic mass is 9.95. The highest BCUT2D eigenvalue weighted by Crippen LogP contribution is 2.32. The third-order valence-electron chi connectivity index (χ3n) is 5.82. The van der Waals surface area contributed by atoms with E-state index < -0.39 is 59.0 Å². The minimum atomic E-state index is -2.57. The van der Waals surface area contributed by atoms with Gasteiger partial charge >= 0.3 is 0 Å². The minimum Gasteiger partial charge on any atom is -0.368 e. The molecule has 2 aliphatic rings. The summed E-state index contributed by atoms with van der Waals surface area (Å²) in [5.41, 5.74) is -0.445. The van der Waals surface area contributed by atoms with Gasteiger partial charge in [0.25, 0.3) is 5.91 Å². The zero-order valence-electron chi connectivity index (χ0n) is 16.6. The summed E-state index contributed by atoms with van der Waals surface area (Å²) in [6, 6.07) is 5.27. The van der Waals surface area contributed by atoms with Crippen LogP contribution in [0.1, 0.15) is 12.0 Å². The molecule has 2 unspecified atom stereocenters. The van der Waals surface area contributed by atoms with Crippen LogP contribution in [0.15, 0.2) is 36.4 Å². The molecule has 172 valence electrons. The number of rotatable bonds is 6. The van der Waals surface area contributed by atoms with Crippen LogP contribution >= 0.6 is 0 Å². The van der Waals surface area contributed by atoms with E-state index in [0.717, 1.165) is 6.07 Å². The molecule has 32 heavy (non-hydrogen) atoms. The number of amides is 1. The molecule has 2 heterocycles. The third-order valence-corrected chi connectivity index (χ3v) is 6.29. The molecular formula is C21H20F4N2O4S. The number of carbonyl (C=O) groups excluding carboxylic acids is 1. The van der Waals surface area contributed by atoms with E-state index in [1.807, 2.05) is 0 Å². The Morgan fingerprint density at radius 1 is 1.16 bits per heavy atom. The molecule has 0 radical (unpaired) electrons. The predicted octanol–water partition coefficient (Wildman–Crippen LogP) is 2.75. The number of nitrogens with zero attached hydrogens (tertiary/aromatic N) is 1. The van der Waals surface area contributed by atoms with Crippen molar-refractivity contribution < 1.29 is 35.9 Å². The van der Waals surface area contributed by atoms with Gasteiger partial charge in [0.2, 0.25) is 11.3 Å². The van der Waals surface area contributed by atoms with Gasteiger partial charge in [-0.1, -0.05) is 30.3 Å². The number of hydrogen-bond donors (Lipinski definition) is 2. The number of likely N-dealkylation sites (tertiary alicyclic amines) is 1. The molecular weight excluding hydrogens is 452 g/mol. The third kappa shape index (κ3) is 4.29. The van der Waals surface area contributed by atoms with Crippen molar-refractivity contribution in [2.24, 2.45) is 0 Å². The van der Waals surface area contributed by atoms with Crippen molar-refractivity contribution in [1.29, 1.82) is 0 Å². The van der Waals surface area contributed by atoms with E-state index in [1.165, 1.54) is 35.2 Å². The Morgan fingerprint density at radius 3 is 2.44 bits per heavy atom.